The van der Waals surface area contributed by atoms with Crippen LogP contribution in [-0.4, -0.2) is 44.0 Å². The van der Waals surface area contributed by atoms with Crippen LogP contribution >= 0.6 is 0 Å². The molecule has 0 spiro atoms. The highest BCUT2D eigenvalue weighted by Crippen LogP contribution is 2.35. The van der Waals surface area contributed by atoms with Crippen molar-refractivity contribution in [2.45, 2.75) is 181 Å². The number of hydrogen-bond acceptors (Lipinski definition) is 3. The molecule has 2 unspecified atom stereocenters. The monoisotopic (exact) mass is 574 g/mol. The van der Waals surface area contributed by atoms with Gasteiger partial charge in [0, 0.05) is 5.92 Å². The molecule has 0 amide bonds. The van der Waals surface area contributed by atoms with Gasteiger partial charge in [-0.25, -0.2) is 0 Å². The van der Waals surface area contributed by atoms with Crippen LogP contribution in [0.25, 0.3) is 0 Å². The van der Waals surface area contributed by atoms with E-state index in [1.807, 2.05) is 0 Å². The maximum atomic E-state index is 6.76. The van der Waals surface area contributed by atoms with Gasteiger partial charge in [0.15, 0.2) is 6.29 Å². The summed E-state index contributed by atoms with van der Waals surface area (Å²) in [6, 6.07) is 0. The number of allylic oxidation sites excluding steroid dienone is 6. The van der Waals surface area contributed by atoms with E-state index < -0.39 is 0 Å². The molecule has 41 heavy (non-hydrogen) atoms. The maximum Gasteiger partial charge on any atom is 0.158 e. The van der Waals surface area contributed by atoms with Crippen LogP contribution in [0.1, 0.15) is 162 Å². The Morgan fingerprint density at radius 2 is 0.878 bits per heavy atom. The fourth-order valence-corrected chi connectivity index (χ4v) is 5.92. The molecule has 0 saturated carbocycles. The van der Waals surface area contributed by atoms with Crippen molar-refractivity contribution in [1.82, 2.24) is 4.90 Å². The summed E-state index contributed by atoms with van der Waals surface area (Å²) in [4.78, 5) is 2.27. The summed E-state index contributed by atoms with van der Waals surface area (Å²) in [6.45, 7) is 7.94. The molecule has 1 saturated heterocycles. The zero-order valence-corrected chi connectivity index (χ0v) is 28.3. The van der Waals surface area contributed by atoms with Gasteiger partial charge in [-0.3, -0.25) is 0 Å². The van der Waals surface area contributed by atoms with E-state index in [1.165, 1.54) is 109 Å². The van der Waals surface area contributed by atoms with Crippen LogP contribution in [0.4, 0.5) is 0 Å². The topological polar surface area (TPSA) is 21.7 Å². The lowest BCUT2D eigenvalue weighted by molar-refractivity contribution is -0.274. The SMILES string of the molecule is CCCCC/C=C\CCCC1OC(CCCN(C)C)OC(CCC/C=C\CCCCC)C1CC/C=C\CCCCC. The molecule has 3 nitrogen and oxygen atoms in total. The van der Waals surface area contributed by atoms with E-state index in [0.717, 1.165) is 38.6 Å². The Bertz CT molecular complexity index is 604. The number of nitrogens with zero attached hydrogens (tertiary/aromatic N) is 1. The second kappa shape index (κ2) is 27.9. The van der Waals surface area contributed by atoms with Crippen molar-refractivity contribution < 1.29 is 9.47 Å². The van der Waals surface area contributed by atoms with Gasteiger partial charge in [0.05, 0.1) is 12.2 Å². The Balaban J connectivity index is 2.78. The first-order valence-corrected chi connectivity index (χ1v) is 18.0. The summed E-state index contributed by atoms with van der Waals surface area (Å²) in [6.07, 6.45) is 42.3. The molecule has 0 aromatic carbocycles. The van der Waals surface area contributed by atoms with Gasteiger partial charge in [0.1, 0.15) is 0 Å². The smallest absolute Gasteiger partial charge is 0.158 e. The number of hydrogen-bond donors (Lipinski definition) is 0. The molecule has 0 N–H and O–H groups in total. The van der Waals surface area contributed by atoms with Crippen LogP contribution in [0.2, 0.25) is 0 Å². The van der Waals surface area contributed by atoms with Gasteiger partial charge in [-0.05, 0) is 123 Å². The predicted molar refractivity (Wildman–Crippen MR) is 182 cm³/mol. The summed E-state index contributed by atoms with van der Waals surface area (Å²) in [5.74, 6) is 0.502. The predicted octanol–water partition coefficient (Wildman–Crippen LogP) is 11.6. The van der Waals surface area contributed by atoms with E-state index in [4.69, 9.17) is 9.47 Å². The molecular formula is C38H71NO2. The average Bonchev–Trinajstić information content (AvgIpc) is 2.96. The van der Waals surface area contributed by atoms with Crippen molar-refractivity contribution in [1.29, 1.82) is 0 Å². The Labute approximate surface area is 257 Å². The molecule has 3 heteroatoms. The molecule has 0 radical (unpaired) electrons. The first-order valence-electron chi connectivity index (χ1n) is 18.0. The summed E-state index contributed by atoms with van der Waals surface area (Å²) in [5.41, 5.74) is 0. The highest BCUT2D eigenvalue weighted by Gasteiger charge is 2.38. The molecule has 1 heterocycles. The van der Waals surface area contributed by atoms with Gasteiger partial charge in [-0.1, -0.05) is 95.8 Å². The lowest BCUT2D eigenvalue weighted by Gasteiger charge is -2.43. The molecule has 1 fully saturated rings. The molecule has 0 aromatic rings. The van der Waals surface area contributed by atoms with E-state index in [2.05, 4.69) is 76.2 Å². The Morgan fingerprint density at radius 1 is 0.463 bits per heavy atom. The first-order chi connectivity index (χ1) is 20.1. The summed E-state index contributed by atoms with van der Waals surface area (Å²) < 4.78 is 13.5. The highest BCUT2D eigenvalue weighted by molar-refractivity contribution is 4.90. The van der Waals surface area contributed by atoms with E-state index in [9.17, 15) is 0 Å². The fourth-order valence-electron chi connectivity index (χ4n) is 5.92. The summed E-state index contributed by atoms with van der Waals surface area (Å²) >= 11 is 0. The van der Waals surface area contributed by atoms with Crippen molar-refractivity contribution in [3.05, 3.63) is 36.5 Å². The van der Waals surface area contributed by atoms with Crippen molar-refractivity contribution >= 4 is 0 Å². The quantitative estimate of drug-likeness (QED) is 0.0720. The molecule has 0 bridgehead atoms. The van der Waals surface area contributed by atoms with Crippen molar-refractivity contribution in [3.8, 4) is 0 Å². The normalized spacial score (nSPS) is 21.8. The standard InChI is InChI=1S/C38H71NO2/c1-6-9-12-15-18-21-24-27-31-36-35(30-26-23-20-17-14-11-8-3)37(32-28-25-22-19-16-13-10-7-2)41-38(40-36)33-29-34-39(4)5/h18-23,35-38H,6-17,24-34H2,1-5H3/b21-18-,22-19-,23-20-. The molecule has 0 aromatic heterocycles. The molecule has 0 aliphatic carbocycles. The van der Waals surface area contributed by atoms with Crippen LogP contribution < -0.4 is 0 Å². The second-order valence-electron chi connectivity index (χ2n) is 12.7. The Hall–Kier alpha value is -0.900. The lowest BCUT2D eigenvalue weighted by Crippen LogP contribution is -2.46. The van der Waals surface area contributed by atoms with E-state index in [1.54, 1.807) is 0 Å². The number of unbranched alkanes of at least 4 members (excludes halogenated alkanes) is 11. The Morgan fingerprint density at radius 3 is 1.29 bits per heavy atom. The average molecular weight is 574 g/mol. The number of ether oxygens (including phenoxy) is 2. The molecule has 1 rings (SSSR count). The van der Waals surface area contributed by atoms with Gasteiger partial charge in [0.25, 0.3) is 0 Å². The molecular weight excluding hydrogens is 502 g/mol. The van der Waals surface area contributed by atoms with Gasteiger partial charge in [-0.15, -0.1) is 0 Å². The lowest BCUT2D eigenvalue weighted by atomic mass is 9.84. The highest BCUT2D eigenvalue weighted by atomic mass is 16.7. The molecule has 1 aliphatic heterocycles. The molecule has 1 aliphatic rings. The third-order valence-electron chi connectivity index (χ3n) is 8.46. The van der Waals surface area contributed by atoms with Crippen LogP contribution in [0.3, 0.4) is 0 Å². The van der Waals surface area contributed by atoms with Gasteiger partial charge < -0.3 is 14.4 Å². The minimum absolute atomic E-state index is 0.0417. The summed E-state index contributed by atoms with van der Waals surface area (Å²) in [7, 11) is 4.32. The third kappa shape index (κ3) is 21.4. The fraction of sp³-hybridized carbons (Fsp3) is 0.842. The van der Waals surface area contributed by atoms with Crippen LogP contribution in [0.5, 0.6) is 0 Å². The number of rotatable bonds is 27. The van der Waals surface area contributed by atoms with Crippen LogP contribution in [0.15, 0.2) is 36.5 Å². The van der Waals surface area contributed by atoms with E-state index in [-0.39, 0.29) is 6.29 Å². The van der Waals surface area contributed by atoms with Crippen molar-refractivity contribution in [3.63, 3.8) is 0 Å². The zero-order valence-electron chi connectivity index (χ0n) is 28.3. The Kier molecular flexibility index (Phi) is 25.9. The molecule has 2 atom stereocenters. The summed E-state index contributed by atoms with van der Waals surface area (Å²) in [5, 5.41) is 0. The van der Waals surface area contributed by atoms with Crippen LogP contribution in [-0.2, 0) is 9.47 Å². The van der Waals surface area contributed by atoms with Crippen LogP contribution in [0, 0.1) is 5.92 Å². The van der Waals surface area contributed by atoms with Gasteiger partial charge in [0.2, 0.25) is 0 Å². The van der Waals surface area contributed by atoms with E-state index in [0.29, 0.717) is 18.1 Å². The van der Waals surface area contributed by atoms with Gasteiger partial charge >= 0.3 is 0 Å². The molecule has 240 valence electrons. The second-order valence-corrected chi connectivity index (χ2v) is 12.7. The van der Waals surface area contributed by atoms with Gasteiger partial charge in [-0.2, -0.15) is 0 Å². The van der Waals surface area contributed by atoms with Crippen molar-refractivity contribution in [2.75, 3.05) is 20.6 Å². The minimum atomic E-state index is -0.0417. The minimum Gasteiger partial charge on any atom is -0.349 e. The third-order valence-corrected chi connectivity index (χ3v) is 8.46. The van der Waals surface area contributed by atoms with Crippen molar-refractivity contribution in [2.24, 2.45) is 5.92 Å². The first kappa shape index (κ1) is 38.1. The van der Waals surface area contributed by atoms with E-state index >= 15 is 0 Å². The largest absolute Gasteiger partial charge is 0.349 e. The zero-order chi connectivity index (χ0) is 29.8. The maximum absolute atomic E-state index is 6.76.